The van der Waals surface area contributed by atoms with Gasteiger partial charge in [0.2, 0.25) is 0 Å². The number of hydrogen-bond donors (Lipinski definition) is 0. The second-order valence-electron chi connectivity index (χ2n) is 16.9. The number of aryl methyl sites for hydroxylation is 2. The highest BCUT2D eigenvalue weighted by atomic mass is 32.1. The first kappa shape index (κ1) is 38.5. The van der Waals surface area contributed by atoms with Crippen LogP contribution >= 0.6 is 11.7 Å². The highest BCUT2D eigenvalue weighted by Gasteiger charge is 2.24. The number of benzene rings is 10. The lowest BCUT2D eigenvalue weighted by Gasteiger charge is -2.26. The zero-order valence-electron chi connectivity index (χ0n) is 36.0. The minimum atomic E-state index is 0.855. The van der Waals surface area contributed by atoms with E-state index in [1.807, 2.05) is 0 Å². The van der Waals surface area contributed by atoms with Crippen LogP contribution in [-0.2, 0) is 0 Å². The fraction of sp³-hybridized carbons (Fsp3) is 0.0333. The fourth-order valence-corrected chi connectivity index (χ4v) is 10.1. The van der Waals surface area contributed by atoms with Gasteiger partial charge in [0.05, 0.1) is 28.4 Å². The van der Waals surface area contributed by atoms with Crippen LogP contribution in [0.4, 0.5) is 17.1 Å². The molecule has 0 spiro atoms. The van der Waals surface area contributed by atoms with E-state index in [2.05, 4.69) is 242 Å². The molecule has 12 aromatic rings. The molecule has 0 atom stereocenters. The van der Waals surface area contributed by atoms with Crippen LogP contribution in [0, 0.1) is 13.8 Å². The van der Waals surface area contributed by atoms with Gasteiger partial charge in [0.25, 0.3) is 0 Å². The Labute approximate surface area is 382 Å². The topological polar surface area (TPSA) is 34.0 Å². The summed E-state index contributed by atoms with van der Waals surface area (Å²) in [7, 11) is 0. The maximum absolute atomic E-state index is 5.13. The Morgan fingerprint density at radius 2 is 0.908 bits per heavy atom. The molecule has 2 heterocycles. The molecule has 0 aliphatic heterocycles. The largest absolute Gasteiger partial charge is 0.309 e. The molecule has 0 bridgehead atoms. The molecule has 0 saturated heterocycles. The van der Waals surface area contributed by atoms with Crippen LogP contribution in [0.3, 0.4) is 0 Å². The number of para-hydroxylation sites is 1. The van der Waals surface area contributed by atoms with E-state index in [4.69, 9.17) is 8.75 Å². The summed E-state index contributed by atoms with van der Waals surface area (Å²) in [6, 6.07) is 79.2. The molecule has 0 radical (unpaired) electrons. The molecule has 12 rings (SSSR count). The van der Waals surface area contributed by atoms with Crippen molar-refractivity contribution < 1.29 is 0 Å². The van der Waals surface area contributed by atoms with Crippen molar-refractivity contribution in [1.82, 2.24) is 13.3 Å². The Kier molecular flexibility index (Phi) is 9.43. The Hall–Kier alpha value is -8.12. The molecule has 65 heavy (non-hydrogen) atoms. The predicted molar refractivity (Wildman–Crippen MR) is 275 cm³/mol. The number of aromatic nitrogens is 3. The van der Waals surface area contributed by atoms with Gasteiger partial charge in [0, 0.05) is 39.0 Å². The van der Waals surface area contributed by atoms with E-state index in [1.165, 1.54) is 77.8 Å². The molecule has 0 aliphatic carbocycles. The summed E-state index contributed by atoms with van der Waals surface area (Å²) in [5.41, 5.74) is 20.0. The molecule has 0 fully saturated rings. The van der Waals surface area contributed by atoms with Gasteiger partial charge in [-0.15, -0.1) is 0 Å². The van der Waals surface area contributed by atoms with E-state index in [-0.39, 0.29) is 0 Å². The molecule has 10 aromatic carbocycles. The third-order valence-electron chi connectivity index (χ3n) is 12.8. The van der Waals surface area contributed by atoms with E-state index in [1.54, 1.807) is 0 Å². The maximum Gasteiger partial charge on any atom is 0.129 e. The summed E-state index contributed by atoms with van der Waals surface area (Å²) in [5, 5.41) is 4.85. The van der Waals surface area contributed by atoms with Gasteiger partial charge in [-0.1, -0.05) is 169 Å². The van der Waals surface area contributed by atoms with E-state index >= 15 is 0 Å². The van der Waals surface area contributed by atoms with Crippen molar-refractivity contribution in [2.75, 3.05) is 4.90 Å². The molecule has 0 aliphatic rings. The summed E-state index contributed by atoms with van der Waals surface area (Å²) >= 11 is 1.27. The minimum absolute atomic E-state index is 0.855. The van der Waals surface area contributed by atoms with Crippen LogP contribution in [0.1, 0.15) is 11.1 Å². The predicted octanol–water partition coefficient (Wildman–Crippen LogP) is 16.7. The second kappa shape index (κ2) is 15.9. The molecule has 0 N–H and O–H groups in total. The first-order valence-electron chi connectivity index (χ1n) is 22.1. The Balaban J connectivity index is 1.06. The van der Waals surface area contributed by atoms with Gasteiger partial charge in [-0.2, -0.15) is 8.75 Å². The van der Waals surface area contributed by atoms with Gasteiger partial charge < -0.3 is 9.47 Å². The summed E-state index contributed by atoms with van der Waals surface area (Å²) < 4.78 is 12.7. The summed E-state index contributed by atoms with van der Waals surface area (Å²) in [6.45, 7) is 4.25. The van der Waals surface area contributed by atoms with E-state index in [0.29, 0.717) is 0 Å². The maximum atomic E-state index is 5.13. The minimum Gasteiger partial charge on any atom is -0.309 e. The summed E-state index contributed by atoms with van der Waals surface area (Å²) in [4.78, 5) is 2.33. The Morgan fingerprint density at radius 1 is 0.415 bits per heavy atom. The van der Waals surface area contributed by atoms with Gasteiger partial charge in [0.1, 0.15) is 11.0 Å². The lowest BCUT2D eigenvalue weighted by atomic mass is 9.94. The molecule has 308 valence electrons. The van der Waals surface area contributed by atoms with Crippen molar-refractivity contribution in [3.63, 3.8) is 0 Å². The zero-order valence-corrected chi connectivity index (χ0v) is 36.8. The van der Waals surface area contributed by atoms with Crippen molar-refractivity contribution in [3.8, 4) is 50.2 Å². The third kappa shape index (κ3) is 6.76. The van der Waals surface area contributed by atoms with E-state index < -0.39 is 0 Å². The van der Waals surface area contributed by atoms with Crippen LogP contribution in [0.2, 0.25) is 0 Å². The monoisotopic (exact) mass is 850 g/mol. The van der Waals surface area contributed by atoms with Crippen molar-refractivity contribution in [2.24, 2.45) is 0 Å². The van der Waals surface area contributed by atoms with E-state index in [0.717, 1.165) is 55.9 Å². The lowest BCUT2D eigenvalue weighted by molar-refractivity contribution is 1.18. The number of hydrogen-bond acceptors (Lipinski definition) is 4. The fourth-order valence-electron chi connectivity index (χ4n) is 9.53. The quantitative estimate of drug-likeness (QED) is 0.153. The third-order valence-corrected chi connectivity index (χ3v) is 13.4. The van der Waals surface area contributed by atoms with Crippen molar-refractivity contribution >= 4 is 72.4 Å². The zero-order chi connectivity index (χ0) is 43.4. The Bertz CT molecular complexity index is 3590. The Morgan fingerprint density at radius 3 is 1.52 bits per heavy atom. The van der Waals surface area contributed by atoms with Gasteiger partial charge in [-0.3, -0.25) is 0 Å². The lowest BCUT2D eigenvalue weighted by Crippen LogP contribution is -2.10. The smallest absolute Gasteiger partial charge is 0.129 e. The van der Waals surface area contributed by atoms with Gasteiger partial charge in [-0.05, 0) is 119 Å². The summed E-state index contributed by atoms with van der Waals surface area (Å²) in [6.07, 6.45) is 0. The molecular formula is C60H42N4S. The normalized spacial score (nSPS) is 11.5. The van der Waals surface area contributed by atoms with Crippen LogP contribution in [-0.4, -0.2) is 13.3 Å². The van der Waals surface area contributed by atoms with Crippen molar-refractivity contribution in [1.29, 1.82) is 0 Å². The molecule has 0 unspecified atom stereocenters. The van der Waals surface area contributed by atoms with Crippen molar-refractivity contribution in [2.45, 2.75) is 13.8 Å². The van der Waals surface area contributed by atoms with Gasteiger partial charge in [0.15, 0.2) is 0 Å². The van der Waals surface area contributed by atoms with E-state index in [9.17, 15) is 0 Å². The first-order chi connectivity index (χ1) is 32.1. The van der Waals surface area contributed by atoms with Crippen molar-refractivity contribution in [3.05, 3.63) is 230 Å². The molecule has 4 nitrogen and oxygen atoms in total. The molecule has 0 saturated carbocycles. The number of anilines is 3. The SMILES string of the molecule is Cc1ccc(-c2ccc(N(c3ccc(-c4ccc(C)cc4)cc3)c3ccc(-c4cc5ccccc5c5c6ccccc6n(-c6ccc(-c7ccccc7)cc6)c45)c4nsnc34)cc2)cc1. The van der Waals surface area contributed by atoms with Gasteiger partial charge >= 0.3 is 0 Å². The van der Waals surface area contributed by atoms with Gasteiger partial charge in [-0.25, -0.2) is 0 Å². The molecule has 0 amide bonds. The number of rotatable bonds is 8. The summed E-state index contributed by atoms with van der Waals surface area (Å²) in [5.74, 6) is 0. The first-order valence-corrected chi connectivity index (χ1v) is 22.8. The van der Waals surface area contributed by atoms with Crippen LogP contribution in [0.25, 0.3) is 93.8 Å². The van der Waals surface area contributed by atoms with Crippen LogP contribution in [0.15, 0.2) is 218 Å². The number of fused-ring (bicyclic) bond motifs is 6. The number of nitrogens with zero attached hydrogens (tertiary/aromatic N) is 4. The highest BCUT2D eigenvalue weighted by Crippen LogP contribution is 2.47. The standard InChI is InChI=1S/C60H42N4S/c1-39-16-20-42(21-17-39)45-24-30-48(31-25-45)63(49-32-26-46(27-33-49)43-22-18-40(2)19-23-43)56-37-36-52(58-59(56)62-65-61-58)54-38-47-12-6-7-13-51(47)57-53-14-8-9-15-55(53)64(60(54)57)50-34-28-44(29-35-50)41-10-4-3-5-11-41/h3-38H,1-2H3. The molecular weight excluding hydrogens is 809 g/mol. The average Bonchev–Trinajstić information content (AvgIpc) is 4.00. The second-order valence-corrected chi connectivity index (χ2v) is 17.4. The van der Waals surface area contributed by atoms with Crippen LogP contribution < -0.4 is 4.90 Å². The average molecular weight is 851 g/mol. The highest BCUT2D eigenvalue weighted by molar-refractivity contribution is 7.00. The molecule has 5 heteroatoms. The van der Waals surface area contributed by atoms with Crippen LogP contribution in [0.5, 0.6) is 0 Å². The molecule has 2 aromatic heterocycles.